The Labute approximate surface area is 93.3 Å². The molecular formula is C10H7F3N2O2. The van der Waals surface area contributed by atoms with Crippen molar-refractivity contribution >= 4 is 16.9 Å². The maximum Gasteiger partial charge on any atom is 0.416 e. The summed E-state index contributed by atoms with van der Waals surface area (Å²) in [5.74, 6) is -1.23. The molecule has 0 atom stereocenters. The van der Waals surface area contributed by atoms with E-state index in [-0.39, 0.29) is 16.6 Å². The molecular weight excluding hydrogens is 237 g/mol. The molecule has 7 heteroatoms. The predicted molar refractivity (Wildman–Crippen MR) is 52.7 cm³/mol. The molecule has 0 aliphatic carbocycles. The van der Waals surface area contributed by atoms with E-state index in [1.807, 2.05) is 0 Å². The topological polar surface area (TPSA) is 55.1 Å². The fourth-order valence-electron chi connectivity index (χ4n) is 1.63. The van der Waals surface area contributed by atoms with Crippen molar-refractivity contribution in [3.05, 3.63) is 29.5 Å². The molecule has 17 heavy (non-hydrogen) atoms. The lowest BCUT2D eigenvalue weighted by atomic mass is 10.1. The number of aromatic nitrogens is 2. The van der Waals surface area contributed by atoms with Gasteiger partial charge < -0.3 is 5.11 Å². The highest BCUT2D eigenvalue weighted by molar-refractivity contribution is 6.01. The number of aryl methyl sites for hydroxylation is 1. The number of carboxylic acids is 1. The lowest BCUT2D eigenvalue weighted by Gasteiger charge is -2.05. The molecule has 1 aromatic carbocycles. The molecule has 0 radical (unpaired) electrons. The van der Waals surface area contributed by atoms with E-state index in [9.17, 15) is 18.0 Å². The minimum Gasteiger partial charge on any atom is -0.477 e. The van der Waals surface area contributed by atoms with Crippen LogP contribution in [0, 0.1) is 0 Å². The Kier molecular flexibility index (Phi) is 2.34. The number of carbonyl (C=O) groups is 1. The first-order valence-electron chi connectivity index (χ1n) is 4.58. The smallest absolute Gasteiger partial charge is 0.416 e. The summed E-state index contributed by atoms with van der Waals surface area (Å²) < 4.78 is 38.3. The van der Waals surface area contributed by atoms with Crippen molar-refractivity contribution < 1.29 is 23.1 Å². The van der Waals surface area contributed by atoms with Gasteiger partial charge in [0.25, 0.3) is 0 Å². The van der Waals surface area contributed by atoms with Gasteiger partial charge in [-0.15, -0.1) is 0 Å². The van der Waals surface area contributed by atoms with Gasteiger partial charge in [0.2, 0.25) is 0 Å². The Morgan fingerprint density at radius 1 is 1.41 bits per heavy atom. The van der Waals surface area contributed by atoms with Gasteiger partial charge in [0.05, 0.1) is 11.1 Å². The number of halogens is 3. The van der Waals surface area contributed by atoms with Gasteiger partial charge in [-0.1, -0.05) is 0 Å². The summed E-state index contributed by atoms with van der Waals surface area (Å²) in [6.45, 7) is 0. The predicted octanol–water partition coefficient (Wildman–Crippen LogP) is 2.29. The quantitative estimate of drug-likeness (QED) is 0.837. The molecule has 90 valence electrons. The minimum atomic E-state index is -4.46. The number of hydrogen-bond acceptors (Lipinski definition) is 2. The van der Waals surface area contributed by atoms with Gasteiger partial charge in [0.1, 0.15) is 0 Å². The zero-order chi connectivity index (χ0) is 12.8. The average molecular weight is 244 g/mol. The molecule has 4 nitrogen and oxygen atoms in total. The van der Waals surface area contributed by atoms with Gasteiger partial charge in [-0.2, -0.15) is 18.3 Å². The molecule has 1 heterocycles. The zero-order valence-corrected chi connectivity index (χ0v) is 8.62. The maximum absolute atomic E-state index is 12.4. The summed E-state index contributed by atoms with van der Waals surface area (Å²) >= 11 is 0. The van der Waals surface area contributed by atoms with Crippen molar-refractivity contribution in [1.29, 1.82) is 0 Å². The summed E-state index contributed by atoms with van der Waals surface area (Å²) in [5.41, 5.74) is -0.964. The number of fused-ring (bicyclic) bond motifs is 1. The van der Waals surface area contributed by atoms with E-state index in [1.165, 1.54) is 7.05 Å². The lowest BCUT2D eigenvalue weighted by molar-refractivity contribution is -0.137. The third kappa shape index (κ3) is 1.83. The number of alkyl halides is 3. The zero-order valence-electron chi connectivity index (χ0n) is 8.62. The van der Waals surface area contributed by atoms with Gasteiger partial charge in [-0.25, -0.2) is 4.79 Å². The molecule has 0 aliphatic rings. The van der Waals surface area contributed by atoms with Crippen LogP contribution in [0.15, 0.2) is 18.2 Å². The van der Waals surface area contributed by atoms with Crippen LogP contribution in [0.4, 0.5) is 13.2 Å². The van der Waals surface area contributed by atoms with Crippen LogP contribution in [0.2, 0.25) is 0 Å². The van der Waals surface area contributed by atoms with Crippen LogP contribution in [0.25, 0.3) is 10.9 Å². The second-order valence-corrected chi connectivity index (χ2v) is 3.51. The molecule has 0 spiro atoms. The van der Waals surface area contributed by atoms with Crippen molar-refractivity contribution in [1.82, 2.24) is 9.78 Å². The van der Waals surface area contributed by atoms with E-state index < -0.39 is 17.7 Å². The van der Waals surface area contributed by atoms with Crippen LogP contribution in [-0.2, 0) is 13.2 Å². The normalized spacial score (nSPS) is 12.0. The molecule has 0 aliphatic heterocycles. The van der Waals surface area contributed by atoms with Crippen molar-refractivity contribution in [3.63, 3.8) is 0 Å². The highest BCUT2D eigenvalue weighted by Gasteiger charge is 2.31. The Balaban J connectivity index is 2.70. The third-order valence-electron chi connectivity index (χ3n) is 2.36. The van der Waals surface area contributed by atoms with E-state index in [0.717, 1.165) is 22.9 Å². The van der Waals surface area contributed by atoms with Gasteiger partial charge in [0.15, 0.2) is 5.69 Å². The molecule has 0 saturated heterocycles. The van der Waals surface area contributed by atoms with E-state index in [4.69, 9.17) is 5.11 Å². The second-order valence-electron chi connectivity index (χ2n) is 3.51. The SMILES string of the molecule is Cn1nc2cc(C(F)(F)F)ccc2c1C(=O)O. The summed E-state index contributed by atoms with van der Waals surface area (Å²) in [6.07, 6.45) is -4.46. The average Bonchev–Trinajstić information content (AvgIpc) is 2.50. The Bertz CT molecular complexity index is 601. The largest absolute Gasteiger partial charge is 0.477 e. The van der Waals surface area contributed by atoms with Gasteiger partial charge in [-0.3, -0.25) is 4.68 Å². The Morgan fingerprint density at radius 3 is 2.59 bits per heavy atom. The number of rotatable bonds is 1. The molecule has 2 rings (SSSR count). The van der Waals surface area contributed by atoms with Gasteiger partial charge >= 0.3 is 12.1 Å². The lowest BCUT2D eigenvalue weighted by Crippen LogP contribution is -2.05. The highest BCUT2D eigenvalue weighted by atomic mass is 19.4. The number of carboxylic acid groups (broad SMARTS) is 1. The molecule has 1 N–H and O–H groups in total. The van der Waals surface area contributed by atoms with Crippen LogP contribution in [-0.4, -0.2) is 20.9 Å². The molecule has 2 aromatic rings. The first-order chi connectivity index (χ1) is 7.80. The van der Waals surface area contributed by atoms with E-state index >= 15 is 0 Å². The Morgan fingerprint density at radius 2 is 2.06 bits per heavy atom. The van der Waals surface area contributed by atoms with Crippen molar-refractivity contribution in [2.24, 2.45) is 7.05 Å². The summed E-state index contributed by atoms with van der Waals surface area (Å²) in [4.78, 5) is 10.9. The Hall–Kier alpha value is -2.05. The van der Waals surface area contributed by atoms with Crippen LogP contribution in [0.5, 0.6) is 0 Å². The molecule has 0 amide bonds. The first-order valence-corrected chi connectivity index (χ1v) is 4.58. The molecule has 0 bridgehead atoms. The summed E-state index contributed by atoms with van der Waals surface area (Å²) in [7, 11) is 1.37. The van der Waals surface area contributed by atoms with Crippen molar-refractivity contribution in [2.45, 2.75) is 6.18 Å². The van der Waals surface area contributed by atoms with E-state index in [0.29, 0.717) is 0 Å². The minimum absolute atomic E-state index is 0.0136. The summed E-state index contributed by atoms with van der Waals surface area (Å²) in [5, 5.41) is 12.8. The van der Waals surface area contributed by atoms with Crippen molar-refractivity contribution in [2.75, 3.05) is 0 Å². The first kappa shape index (κ1) is 11.4. The number of aromatic carboxylic acids is 1. The molecule has 0 unspecified atom stereocenters. The monoisotopic (exact) mass is 244 g/mol. The third-order valence-corrected chi connectivity index (χ3v) is 2.36. The number of hydrogen-bond donors (Lipinski definition) is 1. The fourth-order valence-corrected chi connectivity index (χ4v) is 1.63. The standard InChI is InChI=1S/C10H7F3N2O2/c1-15-8(9(16)17)6-3-2-5(10(11,12)13)4-7(6)14-15/h2-4H,1H3,(H,16,17). The van der Waals surface area contributed by atoms with Crippen molar-refractivity contribution in [3.8, 4) is 0 Å². The molecule has 1 aromatic heterocycles. The molecule has 0 saturated carbocycles. The summed E-state index contributed by atoms with van der Waals surface area (Å²) in [6, 6.07) is 2.80. The number of nitrogens with zero attached hydrogens (tertiary/aromatic N) is 2. The van der Waals surface area contributed by atoms with Crippen LogP contribution in [0.3, 0.4) is 0 Å². The van der Waals surface area contributed by atoms with E-state index in [2.05, 4.69) is 5.10 Å². The van der Waals surface area contributed by atoms with Gasteiger partial charge in [0, 0.05) is 12.4 Å². The second kappa shape index (κ2) is 3.47. The highest BCUT2D eigenvalue weighted by Crippen LogP contribution is 2.31. The fraction of sp³-hybridized carbons (Fsp3) is 0.200. The van der Waals surface area contributed by atoms with Crippen LogP contribution >= 0.6 is 0 Å². The maximum atomic E-state index is 12.4. The van der Waals surface area contributed by atoms with E-state index in [1.54, 1.807) is 0 Å². The molecule has 0 fully saturated rings. The van der Waals surface area contributed by atoms with Gasteiger partial charge in [-0.05, 0) is 18.2 Å². The number of benzene rings is 1. The van der Waals surface area contributed by atoms with Crippen LogP contribution < -0.4 is 0 Å². The van der Waals surface area contributed by atoms with Crippen LogP contribution in [0.1, 0.15) is 16.1 Å².